The molecule has 1 saturated carbocycles. The number of amides is 2. The number of rotatable bonds is 6. The number of hydrogen-bond acceptors (Lipinski definition) is 5. The van der Waals surface area contributed by atoms with Gasteiger partial charge < -0.3 is 9.47 Å². The first-order valence-electron chi connectivity index (χ1n) is 9.58. The number of nitrogens with zero attached hydrogens (tertiary/aromatic N) is 2. The van der Waals surface area contributed by atoms with Crippen LogP contribution in [0.3, 0.4) is 0 Å². The lowest BCUT2D eigenvalue weighted by Gasteiger charge is -2.17. The molecule has 2 bridgehead atoms. The van der Waals surface area contributed by atoms with Gasteiger partial charge in [-0.2, -0.15) is 10.1 Å². The number of imide groups is 1. The Bertz CT molecular complexity index is 851. The Morgan fingerprint density at radius 2 is 1.89 bits per heavy atom. The minimum Gasteiger partial charge on any atom is -0.493 e. The first-order chi connectivity index (χ1) is 13.4. The standard InChI is InChI=1S/C21H23BrN2O4/c1-4-11(2)28-19-15(22)7-12(8-16(19)27-3)10-23-24-20(25)17-13-5-6-14(9-13)18(17)21(24)26/h5-8,10-11,13-14,17-18H,4,9H2,1-3H3/t11-,13+,14+,17-,18+/m1/s1. The summed E-state index contributed by atoms with van der Waals surface area (Å²) in [5.41, 5.74) is 0.707. The van der Waals surface area contributed by atoms with Crippen molar-refractivity contribution >= 4 is 34.0 Å². The molecule has 28 heavy (non-hydrogen) atoms. The number of carbonyl (C=O) groups is 2. The average Bonchev–Trinajstić information content (AvgIpc) is 3.36. The fourth-order valence-electron chi connectivity index (χ4n) is 4.34. The number of methoxy groups -OCH3 is 1. The predicted octanol–water partition coefficient (Wildman–Crippen LogP) is 3.78. The van der Waals surface area contributed by atoms with E-state index in [1.54, 1.807) is 13.2 Å². The second-order valence-electron chi connectivity index (χ2n) is 7.60. The van der Waals surface area contributed by atoms with Crippen molar-refractivity contribution in [3.8, 4) is 11.5 Å². The van der Waals surface area contributed by atoms with Gasteiger partial charge >= 0.3 is 0 Å². The topological polar surface area (TPSA) is 68.2 Å². The Labute approximate surface area is 172 Å². The minimum absolute atomic E-state index is 0.0490. The van der Waals surface area contributed by atoms with Crippen molar-refractivity contribution in [2.24, 2.45) is 28.8 Å². The van der Waals surface area contributed by atoms with Gasteiger partial charge in [-0.15, -0.1) is 0 Å². The molecule has 0 radical (unpaired) electrons. The van der Waals surface area contributed by atoms with Crippen LogP contribution in [0.2, 0.25) is 0 Å². The van der Waals surface area contributed by atoms with Crippen LogP contribution in [0.4, 0.5) is 0 Å². The van der Waals surface area contributed by atoms with Crippen LogP contribution in [-0.2, 0) is 9.59 Å². The maximum atomic E-state index is 12.7. The monoisotopic (exact) mass is 446 g/mol. The summed E-state index contributed by atoms with van der Waals surface area (Å²) in [6, 6.07) is 3.61. The quantitative estimate of drug-likeness (QED) is 0.378. The van der Waals surface area contributed by atoms with Crippen LogP contribution in [0.5, 0.6) is 11.5 Å². The minimum atomic E-state index is -0.243. The van der Waals surface area contributed by atoms with Crippen LogP contribution in [-0.4, -0.2) is 36.3 Å². The van der Waals surface area contributed by atoms with Gasteiger partial charge in [-0.25, -0.2) is 0 Å². The molecule has 4 rings (SSSR count). The summed E-state index contributed by atoms with van der Waals surface area (Å²) < 4.78 is 12.1. The normalized spacial score (nSPS) is 29.1. The molecule has 0 unspecified atom stereocenters. The lowest BCUT2D eigenvalue weighted by molar-refractivity contribution is -0.140. The molecule has 2 aliphatic carbocycles. The molecule has 6 nitrogen and oxygen atoms in total. The number of hydrogen-bond donors (Lipinski definition) is 0. The van der Waals surface area contributed by atoms with Crippen LogP contribution in [0, 0.1) is 23.7 Å². The van der Waals surface area contributed by atoms with Crippen LogP contribution in [0.25, 0.3) is 0 Å². The van der Waals surface area contributed by atoms with Gasteiger partial charge in [-0.1, -0.05) is 19.1 Å². The number of benzene rings is 1. The maximum absolute atomic E-state index is 12.7. The number of hydrazone groups is 1. The van der Waals surface area contributed by atoms with Gasteiger partial charge in [0.2, 0.25) is 0 Å². The van der Waals surface area contributed by atoms with Gasteiger partial charge in [0, 0.05) is 0 Å². The van der Waals surface area contributed by atoms with Crippen molar-refractivity contribution in [3.63, 3.8) is 0 Å². The molecule has 0 aromatic heterocycles. The van der Waals surface area contributed by atoms with Gasteiger partial charge in [-0.3, -0.25) is 9.59 Å². The van der Waals surface area contributed by atoms with Crippen molar-refractivity contribution in [2.45, 2.75) is 32.8 Å². The summed E-state index contributed by atoms with van der Waals surface area (Å²) in [4.78, 5) is 25.4. The molecule has 7 heteroatoms. The maximum Gasteiger partial charge on any atom is 0.254 e. The molecular weight excluding hydrogens is 424 g/mol. The molecule has 0 spiro atoms. The Hall–Kier alpha value is -2.15. The number of allylic oxidation sites excluding steroid dienone is 2. The second-order valence-corrected chi connectivity index (χ2v) is 8.46. The van der Waals surface area contributed by atoms with Gasteiger partial charge in [-0.05, 0) is 65.2 Å². The van der Waals surface area contributed by atoms with Crippen molar-refractivity contribution in [1.82, 2.24) is 5.01 Å². The fourth-order valence-corrected chi connectivity index (χ4v) is 4.89. The molecule has 1 heterocycles. The largest absolute Gasteiger partial charge is 0.493 e. The molecule has 1 saturated heterocycles. The number of ether oxygens (including phenoxy) is 2. The zero-order valence-electron chi connectivity index (χ0n) is 16.1. The Kier molecular flexibility index (Phi) is 5.04. The fraction of sp³-hybridized carbons (Fsp3) is 0.476. The highest BCUT2D eigenvalue weighted by molar-refractivity contribution is 9.10. The third-order valence-electron chi connectivity index (χ3n) is 5.92. The Balaban J connectivity index is 1.56. The number of carbonyl (C=O) groups excluding carboxylic acids is 2. The van der Waals surface area contributed by atoms with E-state index in [0.717, 1.165) is 22.3 Å². The molecule has 2 fully saturated rings. The van der Waals surface area contributed by atoms with E-state index in [9.17, 15) is 9.59 Å². The molecular formula is C21H23BrN2O4. The highest BCUT2D eigenvalue weighted by Crippen LogP contribution is 2.52. The number of fused-ring (bicyclic) bond motifs is 5. The van der Waals surface area contributed by atoms with E-state index in [1.165, 1.54) is 6.21 Å². The van der Waals surface area contributed by atoms with Crippen molar-refractivity contribution < 1.29 is 19.1 Å². The molecule has 1 aromatic carbocycles. The van der Waals surface area contributed by atoms with E-state index < -0.39 is 0 Å². The smallest absolute Gasteiger partial charge is 0.254 e. The first-order valence-corrected chi connectivity index (χ1v) is 10.4. The van der Waals surface area contributed by atoms with Gasteiger partial charge in [0.1, 0.15) is 0 Å². The van der Waals surface area contributed by atoms with E-state index in [0.29, 0.717) is 17.1 Å². The van der Waals surface area contributed by atoms with Crippen LogP contribution >= 0.6 is 15.9 Å². The number of halogens is 1. The van der Waals surface area contributed by atoms with Crippen molar-refractivity contribution in [1.29, 1.82) is 0 Å². The SMILES string of the molecule is CC[C@@H](C)Oc1c(Br)cc(C=NN2C(=O)[C@@H]3[C@H](C2=O)[C@H]2C=C[C@H]3C2)cc1OC. The molecule has 5 atom stereocenters. The summed E-state index contributed by atoms with van der Waals surface area (Å²) in [7, 11) is 1.57. The van der Waals surface area contributed by atoms with E-state index >= 15 is 0 Å². The lowest BCUT2D eigenvalue weighted by Crippen LogP contribution is -2.28. The van der Waals surface area contributed by atoms with Crippen LogP contribution < -0.4 is 9.47 Å². The highest BCUT2D eigenvalue weighted by Gasteiger charge is 2.59. The molecule has 2 amide bonds. The zero-order chi connectivity index (χ0) is 20.0. The summed E-state index contributed by atoms with van der Waals surface area (Å²) in [5, 5.41) is 5.27. The molecule has 1 aliphatic heterocycles. The van der Waals surface area contributed by atoms with Gasteiger partial charge in [0.05, 0.1) is 35.7 Å². The van der Waals surface area contributed by atoms with Crippen LogP contribution in [0.15, 0.2) is 33.9 Å². The van der Waals surface area contributed by atoms with E-state index in [1.807, 2.05) is 19.9 Å². The molecule has 0 N–H and O–H groups in total. The van der Waals surface area contributed by atoms with E-state index in [-0.39, 0.29) is 41.6 Å². The predicted molar refractivity (Wildman–Crippen MR) is 108 cm³/mol. The van der Waals surface area contributed by atoms with Gasteiger partial charge in [0.15, 0.2) is 11.5 Å². The molecule has 3 aliphatic rings. The summed E-state index contributed by atoms with van der Waals surface area (Å²) in [5.74, 6) is 0.681. The van der Waals surface area contributed by atoms with Crippen molar-refractivity contribution in [2.75, 3.05) is 7.11 Å². The summed E-state index contributed by atoms with van der Waals surface area (Å²) in [6.45, 7) is 4.04. The summed E-state index contributed by atoms with van der Waals surface area (Å²) in [6.07, 6.45) is 7.49. The third kappa shape index (κ3) is 3.05. The third-order valence-corrected chi connectivity index (χ3v) is 6.50. The molecule has 148 valence electrons. The highest BCUT2D eigenvalue weighted by atomic mass is 79.9. The van der Waals surface area contributed by atoms with Crippen LogP contribution in [0.1, 0.15) is 32.3 Å². The molecule has 1 aromatic rings. The Morgan fingerprint density at radius 1 is 1.25 bits per heavy atom. The summed E-state index contributed by atoms with van der Waals surface area (Å²) >= 11 is 3.51. The van der Waals surface area contributed by atoms with E-state index in [4.69, 9.17) is 9.47 Å². The second kappa shape index (κ2) is 7.35. The average molecular weight is 447 g/mol. The Morgan fingerprint density at radius 3 is 2.46 bits per heavy atom. The lowest BCUT2D eigenvalue weighted by atomic mass is 9.85. The van der Waals surface area contributed by atoms with Crippen molar-refractivity contribution in [3.05, 3.63) is 34.3 Å². The zero-order valence-corrected chi connectivity index (χ0v) is 17.7. The first kappa shape index (κ1) is 19.2. The van der Waals surface area contributed by atoms with E-state index in [2.05, 4.69) is 33.2 Å². The van der Waals surface area contributed by atoms with Gasteiger partial charge in [0.25, 0.3) is 11.8 Å².